The molecule has 0 aliphatic heterocycles. The lowest BCUT2D eigenvalue weighted by molar-refractivity contribution is 0.262. The summed E-state index contributed by atoms with van der Waals surface area (Å²) < 4.78 is 12.9. The fraction of sp³-hybridized carbons (Fsp3) is 0.357. The summed E-state index contributed by atoms with van der Waals surface area (Å²) in [7, 11) is 5.39. The number of hydrogen-bond acceptors (Lipinski definition) is 4. The van der Waals surface area contributed by atoms with Crippen LogP contribution < -0.4 is 14.8 Å². The maximum absolute atomic E-state index is 5.85. The predicted molar refractivity (Wildman–Crippen MR) is 78.5 cm³/mol. The first-order chi connectivity index (χ1) is 9.65. The summed E-state index contributed by atoms with van der Waals surface area (Å²) in [6.07, 6.45) is 1.70. The molecule has 6 heteroatoms. The van der Waals surface area contributed by atoms with E-state index in [1.807, 2.05) is 26.2 Å². The van der Waals surface area contributed by atoms with Crippen LogP contribution in [0.1, 0.15) is 11.7 Å². The molecule has 1 unspecified atom stereocenters. The number of hydrogen-bond donors (Lipinski definition) is 1. The van der Waals surface area contributed by atoms with Crippen molar-refractivity contribution in [3.8, 4) is 11.5 Å². The van der Waals surface area contributed by atoms with E-state index in [4.69, 9.17) is 21.1 Å². The number of aromatic nitrogens is 2. The monoisotopic (exact) mass is 295 g/mol. The molecule has 0 spiro atoms. The van der Waals surface area contributed by atoms with Crippen molar-refractivity contribution >= 4 is 11.6 Å². The molecule has 1 atom stereocenters. The third-order valence-corrected chi connectivity index (χ3v) is 3.33. The zero-order chi connectivity index (χ0) is 14.5. The van der Waals surface area contributed by atoms with Gasteiger partial charge in [-0.2, -0.15) is 5.10 Å². The minimum atomic E-state index is -0.0203. The molecule has 0 aliphatic carbocycles. The Labute approximate surface area is 123 Å². The van der Waals surface area contributed by atoms with Gasteiger partial charge in [0.1, 0.15) is 18.1 Å². The molecule has 0 amide bonds. The number of nitrogens with zero attached hydrogens (tertiary/aromatic N) is 2. The van der Waals surface area contributed by atoms with Gasteiger partial charge in [0.25, 0.3) is 0 Å². The van der Waals surface area contributed by atoms with Crippen molar-refractivity contribution < 1.29 is 9.47 Å². The minimum absolute atomic E-state index is 0.0203. The fourth-order valence-electron chi connectivity index (χ4n) is 1.99. The molecule has 1 heterocycles. The molecule has 0 fully saturated rings. The first-order valence-electron chi connectivity index (χ1n) is 6.27. The molecule has 1 aromatic heterocycles. The second-order valence-corrected chi connectivity index (χ2v) is 4.76. The topological polar surface area (TPSA) is 48.3 Å². The molecule has 20 heavy (non-hydrogen) atoms. The quantitative estimate of drug-likeness (QED) is 0.889. The van der Waals surface area contributed by atoms with Crippen molar-refractivity contribution in [1.82, 2.24) is 15.1 Å². The Morgan fingerprint density at radius 2 is 2.05 bits per heavy atom. The van der Waals surface area contributed by atoms with E-state index >= 15 is 0 Å². The first-order valence-corrected chi connectivity index (χ1v) is 6.65. The molecule has 0 aliphatic rings. The largest absolute Gasteiger partial charge is 0.493 e. The summed E-state index contributed by atoms with van der Waals surface area (Å²) in [6.45, 7) is 0.466. The number of aryl methyl sites for hydroxylation is 1. The molecular formula is C14H18ClN3O2. The van der Waals surface area contributed by atoms with Gasteiger partial charge in [0.2, 0.25) is 0 Å². The van der Waals surface area contributed by atoms with Crippen molar-refractivity contribution in [2.75, 3.05) is 20.8 Å². The van der Waals surface area contributed by atoms with E-state index in [0.717, 1.165) is 17.2 Å². The van der Waals surface area contributed by atoms with Crippen molar-refractivity contribution in [2.45, 2.75) is 6.04 Å². The number of ether oxygens (including phenoxy) is 2. The smallest absolute Gasteiger partial charge is 0.161 e. The standard InChI is InChI=1S/C14H18ClN3O2/c1-16-12(14-13(19-3)8-17-18(14)2)9-20-11-6-4-10(15)5-7-11/h4-8,12,16H,9H2,1-3H3. The van der Waals surface area contributed by atoms with E-state index in [1.165, 1.54) is 0 Å². The molecule has 2 aromatic rings. The lowest BCUT2D eigenvalue weighted by atomic mass is 10.2. The molecule has 0 bridgehead atoms. The normalized spacial score (nSPS) is 12.2. The highest BCUT2D eigenvalue weighted by Gasteiger charge is 2.19. The Kier molecular flexibility index (Phi) is 4.87. The number of halogens is 1. The average Bonchev–Trinajstić information content (AvgIpc) is 2.83. The van der Waals surface area contributed by atoms with Gasteiger partial charge in [0.05, 0.1) is 19.3 Å². The van der Waals surface area contributed by atoms with Gasteiger partial charge in [-0.3, -0.25) is 4.68 Å². The van der Waals surface area contributed by atoms with Crippen LogP contribution in [0.25, 0.3) is 0 Å². The van der Waals surface area contributed by atoms with E-state index in [-0.39, 0.29) is 6.04 Å². The molecule has 1 aromatic carbocycles. The van der Waals surface area contributed by atoms with Crippen molar-refractivity contribution in [3.05, 3.63) is 41.2 Å². The number of likely N-dealkylation sites (N-methyl/N-ethyl adjacent to an activating group) is 1. The summed E-state index contributed by atoms with van der Waals surface area (Å²) in [4.78, 5) is 0. The molecule has 5 nitrogen and oxygen atoms in total. The number of methoxy groups -OCH3 is 1. The van der Waals surface area contributed by atoms with Crippen LogP contribution in [0.15, 0.2) is 30.5 Å². The van der Waals surface area contributed by atoms with Gasteiger partial charge in [0, 0.05) is 12.1 Å². The Hall–Kier alpha value is -1.72. The highest BCUT2D eigenvalue weighted by atomic mass is 35.5. The third kappa shape index (κ3) is 3.23. The maximum Gasteiger partial charge on any atom is 0.161 e. The van der Waals surface area contributed by atoms with Crippen LogP contribution in [0.4, 0.5) is 0 Å². The van der Waals surface area contributed by atoms with E-state index in [9.17, 15) is 0 Å². The zero-order valence-electron chi connectivity index (χ0n) is 11.8. The fourth-order valence-corrected chi connectivity index (χ4v) is 2.12. The minimum Gasteiger partial charge on any atom is -0.493 e. The van der Waals surface area contributed by atoms with Gasteiger partial charge >= 0.3 is 0 Å². The molecule has 108 valence electrons. The molecule has 2 rings (SSSR count). The van der Waals surface area contributed by atoms with Crippen LogP contribution >= 0.6 is 11.6 Å². The second-order valence-electron chi connectivity index (χ2n) is 4.33. The van der Waals surface area contributed by atoms with Crippen molar-refractivity contribution in [2.24, 2.45) is 7.05 Å². The Morgan fingerprint density at radius 1 is 1.35 bits per heavy atom. The summed E-state index contributed by atoms with van der Waals surface area (Å²) in [5, 5.41) is 8.10. The lowest BCUT2D eigenvalue weighted by Crippen LogP contribution is -2.26. The van der Waals surface area contributed by atoms with Gasteiger partial charge in [-0.05, 0) is 31.3 Å². The molecule has 1 N–H and O–H groups in total. The highest BCUT2D eigenvalue weighted by Crippen LogP contribution is 2.25. The van der Waals surface area contributed by atoms with Crippen LogP contribution in [0.2, 0.25) is 5.02 Å². The maximum atomic E-state index is 5.85. The first kappa shape index (κ1) is 14.7. The zero-order valence-corrected chi connectivity index (χ0v) is 12.5. The van der Waals surface area contributed by atoms with Crippen LogP contribution in [-0.2, 0) is 7.05 Å². The molecule has 0 radical (unpaired) electrons. The Balaban J connectivity index is 2.09. The Morgan fingerprint density at radius 3 is 2.65 bits per heavy atom. The summed E-state index contributed by atoms with van der Waals surface area (Å²) in [6, 6.07) is 7.27. The Bertz CT molecular complexity index is 554. The van der Waals surface area contributed by atoms with Crippen LogP contribution in [0.3, 0.4) is 0 Å². The van der Waals surface area contributed by atoms with E-state index in [1.54, 1.807) is 30.1 Å². The number of nitrogens with one attached hydrogen (secondary N) is 1. The van der Waals surface area contributed by atoms with Gasteiger partial charge in [-0.25, -0.2) is 0 Å². The van der Waals surface area contributed by atoms with Crippen molar-refractivity contribution in [3.63, 3.8) is 0 Å². The van der Waals surface area contributed by atoms with Gasteiger partial charge in [-0.1, -0.05) is 11.6 Å². The van der Waals surface area contributed by atoms with Gasteiger partial charge < -0.3 is 14.8 Å². The molecule has 0 saturated carbocycles. The lowest BCUT2D eigenvalue weighted by Gasteiger charge is -2.18. The van der Waals surface area contributed by atoms with Crippen LogP contribution in [-0.4, -0.2) is 30.5 Å². The second kappa shape index (κ2) is 6.63. The highest BCUT2D eigenvalue weighted by molar-refractivity contribution is 6.30. The van der Waals surface area contributed by atoms with Crippen LogP contribution in [0, 0.1) is 0 Å². The van der Waals surface area contributed by atoms with Crippen molar-refractivity contribution in [1.29, 1.82) is 0 Å². The van der Waals surface area contributed by atoms with E-state index in [0.29, 0.717) is 11.6 Å². The average molecular weight is 296 g/mol. The van der Waals surface area contributed by atoms with Gasteiger partial charge in [0.15, 0.2) is 5.75 Å². The van der Waals surface area contributed by atoms with Gasteiger partial charge in [-0.15, -0.1) is 0 Å². The molecule has 0 saturated heterocycles. The molecular weight excluding hydrogens is 278 g/mol. The van der Waals surface area contributed by atoms with E-state index in [2.05, 4.69) is 10.4 Å². The summed E-state index contributed by atoms with van der Waals surface area (Å²) in [5.41, 5.74) is 0.948. The summed E-state index contributed by atoms with van der Waals surface area (Å²) >= 11 is 5.85. The number of rotatable bonds is 6. The van der Waals surface area contributed by atoms with E-state index < -0.39 is 0 Å². The van der Waals surface area contributed by atoms with Crippen LogP contribution in [0.5, 0.6) is 11.5 Å². The third-order valence-electron chi connectivity index (χ3n) is 3.08. The predicted octanol–water partition coefficient (Wildman–Crippen LogP) is 2.42. The number of benzene rings is 1. The SMILES string of the molecule is CNC(COc1ccc(Cl)cc1)c1c(OC)cnn1C. The summed E-state index contributed by atoms with van der Waals surface area (Å²) in [5.74, 6) is 1.52.